The fraction of sp³-hybridized carbons (Fsp3) is 0.562. The summed E-state index contributed by atoms with van der Waals surface area (Å²) in [7, 11) is -3.48. The number of carbonyl (C=O) groups excluding carboxylic acids is 1. The van der Waals surface area contributed by atoms with Gasteiger partial charge in [-0.05, 0) is 30.7 Å². The van der Waals surface area contributed by atoms with E-state index in [-0.39, 0.29) is 10.9 Å². The molecule has 2 N–H and O–H groups in total. The zero-order chi connectivity index (χ0) is 18.3. The third-order valence-corrected chi connectivity index (χ3v) is 5.27. The van der Waals surface area contributed by atoms with E-state index in [0.29, 0.717) is 51.7 Å². The third kappa shape index (κ3) is 5.58. The molecule has 2 rings (SSSR count). The second kappa shape index (κ2) is 9.02. The Bertz CT molecular complexity index is 687. The monoisotopic (exact) mass is 371 g/mol. The molecule has 1 heterocycles. The second-order valence-electron chi connectivity index (χ2n) is 5.61. The van der Waals surface area contributed by atoms with Crippen molar-refractivity contribution < 1.29 is 22.7 Å². The molecule has 1 aromatic carbocycles. The van der Waals surface area contributed by atoms with Gasteiger partial charge in [0, 0.05) is 19.6 Å². The quantitative estimate of drug-likeness (QED) is 0.688. The predicted octanol–water partition coefficient (Wildman–Crippen LogP) is 0.714. The number of amides is 2. The lowest BCUT2D eigenvalue weighted by atomic mass is 10.2. The fourth-order valence-corrected chi connectivity index (χ4v) is 3.55. The number of ether oxygens (including phenoxy) is 2. The molecule has 0 saturated carbocycles. The van der Waals surface area contributed by atoms with Crippen molar-refractivity contribution in [1.29, 1.82) is 0 Å². The zero-order valence-corrected chi connectivity index (χ0v) is 15.4. The van der Waals surface area contributed by atoms with Crippen LogP contribution in [0.3, 0.4) is 0 Å². The van der Waals surface area contributed by atoms with E-state index in [0.717, 1.165) is 5.56 Å². The van der Waals surface area contributed by atoms with E-state index in [2.05, 4.69) is 10.0 Å². The summed E-state index contributed by atoms with van der Waals surface area (Å²) in [6, 6.07) is 4.58. The lowest BCUT2D eigenvalue weighted by Gasteiger charge is -2.26. The van der Waals surface area contributed by atoms with Crippen LogP contribution in [0.1, 0.15) is 12.5 Å². The molecule has 25 heavy (non-hydrogen) atoms. The van der Waals surface area contributed by atoms with Gasteiger partial charge >= 0.3 is 6.03 Å². The minimum Gasteiger partial charge on any atom is -0.491 e. The number of urea groups is 1. The molecule has 0 aromatic heterocycles. The Morgan fingerprint density at radius 2 is 2.04 bits per heavy atom. The molecule has 1 aromatic rings. The van der Waals surface area contributed by atoms with Crippen LogP contribution in [-0.2, 0) is 14.8 Å². The number of hydrogen-bond donors (Lipinski definition) is 2. The van der Waals surface area contributed by atoms with Gasteiger partial charge in [0.15, 0.2) is 0 Å². The first kappa shape index (κ1) is 19.5. The molecule has 0 radical (unpaired) electrons. The standard InChI is InChI=1S/C16H25N3O5S/c1-3-18-25(21,22)14-4-5-15(13(2)12-14)24-9-6-17-16(20)19-7-10-23-11-8-19/h4-5,12,18H,3,6-11H2,1-2H3,(H,17,20). The van der Waals surface area contributed by atoms with Crippen LogP contribution < -0.4 is 14.8 Å². The Hall–Kier alpha value is -1.84. The average molecular weight is 371 g/mol. The van der Waals surface area contributed by atoms with Crippen molar-refractivity contribution in [2.24, 2.45) is 0 Å². The number of hydrogen-bond acceptors (Lipinski definition) is 5. The summed E-state index contributed by atoms with van der Waals surface area (Å²) in [6.45, 7) is 6.82. The maximum atomic E-state index is 12.0. The van der Waals surface area contributed by atoms with Crippen molar-refractivity contribution in [2.75, 3.05) is 46.0 Å². The molecule has 1 fully saturated rings. The average Bonchev–Trinajstić information content (AvgIpc) is 2.60. The minimum absolute atomic E-state index is 0.129. The number of morpholine rings is 1. The highest BCUT2D eigenvalue weighted by molar-refractivity contribution is 7.89. The van der Waals surface area contributed by atoms with Gasteiger partial charge in [0.1, 0.15) is 12.4 Å². The molecule has 0 spiro atoms. The van der Waals surface area contributed by atoms with Crippen molar-refractivity contribution in [3.05, 3.63) is 23.8 Å². The van der Waals surface area contributed by atoms with Gasteiger partial charge < -0.3 is 19.7 Å². The number of rotatable bonds is 7. The number of carbonyl (C=O) groups is 1. The maximum absolute atomic E-state index is 12.0. The summed E-state index contributed by atoms with van der Waals surface area (Å²) in [5.41, 5.74) is 0.721. The SMILES string of the molecule is CCNS(=O)(=O)c1ccc(OCCNC(=O)N2CCOCC2)c(C)c1. The molecule has 1 aliphatic heterocycles. The largest absolute Gasteiger partial charge is 0.491 e. The van der Waals surface area contributed by atoms with Crippen LogP contribution in [0, 0.1) is 6.92 Å². The van der Waals surface area contributed by atoms with Crippen LogP contribution in [0.15, 0.2) is 23.1 Å². The minimum atomic E-state index is -3.48. The number of nitrogens with zero attached hydrogens (tertiary/aromatic N) is 1. The van der Waals surface area contributed by atoms with Gasteiger partial charge in [-0.3, -0.25) is 0 Å². The Labute approximate surface area is 148 Å². The normalized spacial score (nSPS) is 15.0. The van der Waals surface area contributed by atoms with Crippen LogP contribution in [0.5, 0.6) is 5.75 Å². The second-order valence-corrected chi connectivity index (χ2v) is 7.38. The molecule has 140 valence electrons. The van der Waals surface area contributed by atoms with E-state index < -0.39 is 10.0 Å². The Morgan fingerprint density at radius 3 is 2.68 bits per heavy atom. The molecular weight excluding hydrogens is 346 g/mol. The summed E-state index contributed by atoms with van der Waals surface area (Å²) in [5, 5.41) is 2.80. The van der Waals surface area contributed by atoms with E-state index >= 15 is 0 Å². The van der Waals surface area contributed by atoms with Crippen molar-refractivity contribution >= 4 is 16.1 Å². The first-order chi connectivity index (χ1) is 11.9. The van der Waals surface area contributed by atoms with E-state index in [9.17, 15) is 13.2 Å². The number of nitrogens with one attached hydrogen (secondary N) is 2. The molecule has 0 bridgehead atoms. The van der Waals surface area contributed by atoms with E-state index in [1.54, 1.807) is 30.9 Å². The molecule has 0 atom stereocenters. The van der Waals surface area contributed by atoms with Gasteiger partial charge in [0.2, 0.25) is 10.0 Å². The lowest BCUT2D eigenvalue weighted by molar-refractivity contribution is 0.0530. The van der Waals surface area contributed by atoms with Gasteiger partial charge in [-0.15, -0.1) is 0 Å². The first-order valence-corrected chi connectivity index (χ1v) is 9.76. The van der Waals surface area contributed by atoms with E-state index in [1.165, 1.54) is 6.07 Å². The van der Waals surface area contributed by atoms with Gasteiger partial charge in [-0.2, -0.15) is 0 Å². The smallest absolute Gasteiger partial charge is 0.317 e. The summed E-state index contributed by atoms with van der Waals surface area (Å²) in [4.78, 5) is 13.8. The predicted molar refractivity (Wildman–Crippen MR) is 93.3 cm³/mol. The van der Waals surface area contributed by atoms with E-state index in [1.807, 2.05) is 0 Å². The van der Waals surface area contributed by atoms with Gasteiger partial charge in [0.25, 0.3) is 0 Å². The highest BCUT2D eigenvalue weighted by Crippen LogP contribution is 2.21. The molecule has 9 heteroatoms. The van der Waals surface area contributed by atoms with E-state index in [4.69, 9.17) is 9.47 Å². The fourth-order valence-electron chi connectivity index (χ4n) is 2.42. The molecule has 1 aliphatic rings. The summed E-state index contributed by atoms with van der Waals surface area (Å²) in [6.07, 6.45) is 0. The number of aryl methyl sites for hydroxylation is 1. The maximum Gasteiger partial charge on any atom is 0.317 e. The third-order valence-electron chi connectivity index (χ3n) is 3.73. The topological polar surface area (TPSA) is 97.0 Å². The van der Waals surface area contributed by atoms with Crippen LogP contribution in [0.4, 0.5) is 4.79 Å². The lowest BCUT2D eigenvalue weighted by Crippen LogP contribution is -2.47. The van der Waals surface area contributed by atoms with Crippen LogP contribution >= 0.6 is 0 Å². The Morgan fingerprint density at radius 1 is 1.32 bits per heavy atom. The molecule has 1 saturated heterocycles. The van der Waals surface area contributed by atoms with Crippen LogP contribution in [0.25, 0.3) is 0 Å². The Balaban J connectivity index is 1.82. The summed E-state index contributed by atoms with van der Waals surface area (Å²) >= 11 is 0. The molecule has 8 nitrogen and oxygen atoms in total. The van der Waals surface area contributed by atoms with Crippen LogP contribution in [0.2, 0.25) is 0 Å². The molecular formula is C16H25N3O5S. The van der Waals surface area contributed by atoms with Crippen LogP contribution in [-0.4, -0.2) is 65.3 Å². The summed E-state index contributed by atoms with van der Waals surface area (Å²) < 4.78 is 37.2. The van der Waals surface area contributed by atoms with Crippen molar-refractivity contribution in [2.45, 2.75) is 18.7 Å². The zero-order valence-electron chi connectivity index (χ0n) is 14.6. The molecule has 0 aliphatic carbocycles. The highest BCUT2D eigenvalue weighted by Gasteiger charge is 2.16. The molecule has 2 amide bonds. The van der Waals surface area contributed by atoms with Gasteiger partial charge in [-0.25, -0.2) is 17.9 Å². The number of sulfonamides is 1. The number of benzene rings is 1. The van der Waals surface area contributed by atoms with Gasteiger partial charge in [0.05, 0.1) is 24.7 Å². The van der Waals surface area contributed by atoms with Crippen molar-refractivity contribution in [1.82, 2.24) is 14.9 Å². The van der Waals surface area contributed by atoms with Gasteiger partial charge in [-0.1, -0.05) is 6.92 Å². The highest BCUT2D eigenvalue weighted by atomic mass is 32.2. The molecule has 0 unspecified atom stereocenters. The summed E-state index contributed by atoms with van der Waals surface area (Å²) in [5.74, 6) is 0.594. The Kier molecular flexibility index (Phi) is 7.03. The first-order valence-electron chi connectivity index (χ1n) is 8.27. The van der Waals surface area contributed by atoms with Crippen molar-refractivity contribution in [3.8, 4) is 5.75 Å². The van der Waals surface area contributed by atoms with Crippen molar-refractivity contribution in [3.63, 3.8) is 0 Å².